The van der Waals surface area contributed by atoms with Gasteiger partial charge < -0.3 is 14.4 Å². The second kappa shape index (κ2) is 8.75. The summed E-state index contributed by atoms with van der Waals surface area (Å²) in [6.45, 7) is 2.05. The van der Waals surface area contributed by atoms with Gasteiger partial charge in [0.15, 0.2) is 0 Å². The van der Waals surface area contributed by atoms with Gasteiger partial charge >= 0.3 is 0 Å². The molecule has 2 aliphatic heterocycles. The second-order valence-corrected chi connectivity index (χ2v) is 9.42. The van der Waals surface area contributed by atoms with Crippen LogP contribution in [0.15, 0.2) is 53.4 Å². The Kier molecular flexibility index (Phi) is 6.08. The number of benzene rings is 2. The maximum absolute atomic E-state index is 13.3. The lowest BCUT2D eigenvalue weighted by atomic mass is 10.0. The number of ether oxygens (including phenoxy) is 2. The third kappa shape index (κ3) is 4.08. The average molecular weight is 431 g/mol. The first kappa shape index (κ1) is 20.8. The van der Waals surface area contributed by atoms with Crippen LogP contribution in [0.25, 0.3) is 0 Å². The number of likely N-dealkylation sites (tertiary alicyclic amines) is 1. The number of hydrogen-bond donors (Lipinski definition) is 0. The van der Waals surface area contributed by atoms with Crippen molar-refractivity contribution in [2.24, 2.45) is 0 Å². The molecule has 0 aromatic heterocycles. The van der Waals surface area contributed by atoms with Gasteiger partial charge in [0.1, 0.15) is 5.75 Å². The molecule has 0 saturated carbocycles. The smallest absolute Gasteiger partial charge is 0.254 e. The topological polar surface area (TPSA) is 76.2 Å². The van der Waals surface area contributed by atoms with E-state index in [1.165, 1.54) is 10.4 Å². The number of amides is 1. The lowest BCUT2D eigenvalue weighted by Crippen LogP contribution is -2.40. The van der Waals surface area contributed by atoms with Crippen LogP contribution in [0, 0.1) is 0 Å². The summed E-state index contributed by atoms with van der Waals surface area (Å²) in [6, 6.07) is 14.1. The number of morpholine rings is 1. The van der Waals surface area contributed by atoms with Gasteiger partial charge in [0.25, 0.3) is 5.91 Å². The first-order valence-corrected chi connectivity index (χ1v) is 11.6. The summed E-state index contributed by atoms with van der Waals surface area (Å²) >= 11 is 0. The first-order valence-electron chi connectivity index (χ1n) is 10.1. The zero-order chi connectivity index (χ0) is 21.1. The molecular formula is C22H26N2O5S. The third-order valence-electron chi connectivity index (χ3n) is 5.68. The Morgan fingerprint density at radius 3 is 2.60 bits per heavy atom. The summed E-state index contributed by atoms with van der Waals surface area (Å²) in [7, 11) is -2.03. The number of methoxy groups -OCH3 is 1. The highest BCUT2D eigenvalue weighted by Crippen LogP contribution is 2.34. The Labute approximate surface area is 177 Å². The maximum Gasteiger partial charge on any atom is 0.254 e. The van der Waals surface area contributed by atoms with Crippen molar-refractivity contribution in [3.05, 3.63) is 59.7 Å². The number of carbonyl (C=O) groups is 1. The van der Waals surface area contributed by atoms with E-state index in [1.807, 2.05) is 29.2 Å². The van der Waals surface area contributed by atoms with Crippen LogP contribution in [-0.2, 0) is 14.8 Å². The summed E-state index contributed by atoms with van der Waals surface area (Å²) < 4.78 is 37.9. The van der Waals surface area contributed by atoms with E-state index in [9.17, 15) is 13.2 Å². The molecule has 8 heteroatoms. The fourth-order valence-corrected chi connectivity index (χ4v) is 5.55. The molecule has 0 radical (unpaired) electrons. The Bertz CT molecular complexity index is 1020. The third-order valence-corrected chi connectivity index (χ3v) is 7.58. The average Bonchev–Trinajstić information content (AvgIpc) is 3.29. The van der Waals surface area contributed by atoms with E-state index in [4.69, 9.17) is 9.47 Å². The number of sulfonamides is 1. The summed E-state index contributed by atoms with van der Waals surface area (Å²) in [5.41, 5.74) is 1.41. The summed E-state index contributed by atoms with van der Waals surface area (Å²) in [5, 5.41) is 0. The Morgan fingerprint density at radius 1 is 1.07 bits per heavy atom. The van der Waals surface area contributed by atoms with Crippen molar-refractivity contribution in [1.82, 2.24) is 9.21 Å². The van der Waals surface area contributed by atoms with Gasteiger partial charge in [-0.25, -0.2) is 8.42 Å². The van der Waals surface area contributed by atoms with Crippen molar-refractivity contribution in [3.8, 4) is 5.75 Å². The van der Waals surface area contributed by atoms with Crippen LogP contribution < -0.4 is 4.74 Å². The molecule has 4 rings (SSSR count). The highest BCUT2D eigenvalue weighted by Gasteiger charge is 2.32. The van der Waals surface area contributed by atoms with E-state index >= 15 is 0 Å². The van der Waals surface area contributed by atoms with Crippen LogP contribution in [0.3, 0.4) is 0 Å². The second-order valence-electron chi connectivity index (χ2n) is 7.48. The SMILES string of the molecule is COc1cccc(C2CCCN2C(=O)c2cccc(S(=O)(=O)N3CCOCC3)c2)c1. The molecule has 1 amide bonds. The van der Waals surface area contributed by atoms with Crippen LogP contribution in [0.1, 0.15) is 34.8 Å². The van der Waals surface area contributed by atoms with Crippen LogP contribution in [0.2, 0.25) is 0 Å². The summed E-state index contributed by atoms with van der Waals surface area (Å²) in [6.07, 6.45) is 1.77. The molecule has 0 bridgehead atoms. The fraction of sp³-hybridized carbons (Fsp3) is 0.409. The molecule has 0 N–H and O–H groups in total. The Morgan fingerprint density at radius 2 is 1.83 bits per heavy atom. The van der Waals surface area contributed by atoms with E-state index in [0.29, 0.717) is 38.4 Å². The highest BCUT2D eigenvalue weighted by molar-refractivity contribution is 7.89. The molecule has 30 heavy (non-hydrogen) atoms. The minimum absolute atomic E-state index is 0.0490. The van der Waals surface area contributed by atoms with E-state index in [-0.39, 0.29) is 16.8 Å². The zero-order valence-corrected chi connectivity index (χ0v) is 17.8. The van der Waals surface area contributed by atoms with Crippen LogP contribution in [0.5, 0.6) is 5.75 Å². The largest absolute Gasteiger partial charge is 0.497 e. The molecule has 2 aromatic carbocycles. The molecule has 2 aliphatic rings. The molecule has 0 aliphatic carbocycles. The highest BCUT2D eigenvalue weighted by atomic mass is 32.2. The van der Waals surface area contributed by atoms with Crippen molar-refractivity contribution >= 4 is 15.9 Å². The fourth-order valence-electron chi connectivity index (χ4n) is 4.10. The maximum atomic E-state index is 13.3. The molecule has 7 nitrogen and oxygen atoms in total. The number of nitrogens with zero attached hydrogens (tertiary/aromatic N) is 2. The lowest BCUT2D eigenvalue weighted by molar-refractivity contribution is 0.0727. The van der Waals surface area contributed by atoms with Crippen molar-refractivity contribution in [2.45, 2.75) is 23.8 Å². The molecular weight excluding hydrogens is 404 g/mol. The zero-order valence-electron chi connectivity index (χ0n) is 17.0. The van der Waals surface area contributed by atoms with Gasteiger partial charge in [0.05, 0.1) is 31.3 Å². The Hall–Kier alpha value is -2.42. The van der Waals surface area contributed by atoms with Gasteiger partial charge in [0.2, 0.25) is 10.0 Å². The van der Waals surface area contributed by atoms with E-state index in [2.05, 4.69) is 0 Å². The minimum atomic E-state index is -3.65. The molecule has 0 spiro atoms. The molecule has 1 unspecified atom stereocenters. The molecule has 1 atom stereocenters. The van der Waals surface area contributed by atoms with Crippen molar-refractivity contribution < 1.29 is 22.7 Å². The van der Waals surface area contributed by atoms with Crippen molar-refractivity contribution in [3.63, 3.8) is 0 Å². The van der Waals surface area contributed by atoms with Gasteiger partial charge in [-0.3, -0.25) is 4.79 Å². The number of carbonyl (C=O) groups excluding carboxylic acids is 1. The summed E-state index contributed by atoms with van der Waals surface area (Å²) in [5.74, 6) is 0.602. The normalized spacial score (nSPS) is 20.3. The standard InChI is InChI=1S/C22H26N2O5S/c1-28-19-7-2-5-17(15-19)21-9-4-10-24(21)22(25)18-6-3-8-20(16-18)30(26,27)23-11-13-29-14-12-23/h2-3,5-8,15-16,21H,4,9-14H2,1H3. The molecule has 160 valence electrons. The van der Waals surface area contributed by atoms with E-state index in [0.717, 1.165) is 24.2 Å². The van der Waals surface area contributed by atoms with E-state index < -0.39 is 10.0 Å². The predicted molar refractivity (Wildman–Crippen MR) is 112 cm³/mol. The summed E-state index contributed by atoms with van der Waals surface area (Å²) in [4.78, 5) is 15.3. The first-order chi connectivity index (χ1) is 14.5. The minimum Gasteiger partial charge on any atom is -0.497 e. The van der Waals surface area contributed by atoms with Crippen LogP contribution in [0.4, 0.5) is 0 Å². The van der Waals surface area contributed by atoms with Crippen LogP contribution in [-0.4, -0.2) is 63.5 Å². The van der Waals surface area contributed by atoms with Gasteiger partial charge in [-0.15, -0.1) is 0 Å². The van der Waals surface area contributed by atoms with E-state index in [1.54, 1.807) is 25.3 Å². The molecule has 2 heterocycles. The van der Waals surface area contributed by atoms with Gasteiger partial charge in [0, 0.05) is 25.2 Å². The lowest BCUT2D eigenvalue weighted by Gasteiger charge is -2.27. The monoisotopic (exact) mass is 430 g/mol. The predicted octanol–water partition coefficient (Wildman–Crippen LogP) is 2.69. The van der Waals surface area contributed by atoms with Gasteiger partial charge in [-0.1, -0.05) is 18.2 Å². The number of hydrogen-bond acceptors (Lipinski definition) is 5. The van der Waals surface area contributed by atoms with Gasteiger partial charge in [-0.2, -0.15) is 4.31 Å². The molecule has 2 aromatic rings. The van der Waals surface area contributed by atoms with Crippen LogP contribution >= 0.6 is 0 Å². The van der Waals surface area contributed by atoms with Gasteiger partial charge in [-0.05, 0) is 48.7 Å². The molecule has 2 saturated heterocycles. The Balaban J connectivity index is 1.59. The quantitative estimate of drug-likeness (QED) is 0.729. The van der Waals surface area contributed by atoms with Crippen molar-refractivity contribution in [2.75, 3.05) is 40.0 Å². The van der Waals surface area contributed by atoms with Crippen molar-refractivity contribution in [1.29, 1.82) is 0 Å². The molecule has 2 fully saturated rings. The number of rotatable bonds is 5.